The minimum atomic E-state index is -3.75. The van der Waals surface area contributed by atoms with E-state index in [2.05, 4.69) is 4.98 Å². The third-order valence-corrected chi connectivity index (χ3v) is 8.87. The van der Waals surface area contributed by atoms with Crippen LogP contribution in [0.5, 0.6) is 0 Å². The lowest BCUT2D eigenvalue weighted by atomic mass is 9.78. The molecule has 0 atom stereocenters. The number of H-pyrrole nitrogens is 1. The smallest absolute Gasteiger partial charge is 0.399 e. The van der Waals surface area contributed by atoms with Crippen molar-refractivity contribution in [3.05, 3.63) is 53.2 Å². The molecule has 3 aromatic rings. The SMILES string of the molecule is Cc1cc(C)c(S(=O)(=O)N(C)c2c[nH]c3c(B4OC(C)(C)C(C)(C)O4)cccc23)c(C)c1. The molecule has 0 spiro atoms. The van der Waals surface area contributed by atoms with Crippen molar-refractivity contribution in [2.24, 2.45) is 0 Å². The Kier molecular flexibility index (Phi) is 5.27. The summed E-state index contributed by atoms with van der Waals surface area (Å²) >= 11 is 0. The summed E-state index contributed by atoms with van der Waals surface area (Å²) in [6, 6.07) is 9.58. The fourth-order valence-corrected chi connectivity index (χ4v) is 6.05. The number of rotatable bonds is 4. The summed E-state index contributed by atoms with van der Waals surface area (Å²) in [4.78, 5) is 3.61. The average molecular weight is 454 g/mol. The van der Waals surface area contributed by atoms with Gasteiger partial charge in [0.25, 0.3) is 10.0 Å². The molecular formula is C24H31BN2O4S. The van der Waals surface area contributed by atoms with Gasteiger partial charge in [0.05, 0.1) is 21.8 Å². The van der Waals surface area contributed by atoms with Crippen LogP contribution in [-0.4, -0.2) is 38.8 Å². The fraction of sp³-hybridized carbons (Fsp3) is 0.417. The Balaban J connectivity index is 1.78. The first kappa shape index (κ1) is 22.9. The first-order valence-corrected chi connectivity index (χ1v) is 12.2. The molecular weight excluding hydrogens is 423 g/mol. The molecule has 1 aromatic heterocycles. The van der Waals surface area contributed by atoms with Crippen LogP contribution in [0.4, 0.5) is 5.69 Å². The van der Waals surface area contributed by atoms with Crippen LogP contribution in [0.3, 0.4) is 0 Å². The van der Waals surface area contributed by atoms with E-state index in [1.165, 1.54) is 4.31 Å². The van der Waals surface area contributed by atoms with Crippen molar-refractivity contribution in [2.75, 3.05) is 11.4 Å². The summed E-state index contributed by atoms with van der Waals surface area (Å²) in [6.45, 7) is 13.7. The van der Waals surface area contributed by atoms with Crippen LogP contribution in [0.15, 0.2) is 41.4 Å². The minimum absolute atomic E-state index is 0.349. The van der Waals surface area contributed by atoms with Crippen LogP contribution >= 0.6 is 0 Å². The molecule has 0 amide bonds. The Morgan fingerprint density at radius 3 is 2.09 bits per heavy atom. The van der Waals surface area contributed by atoms with Crippen LogP contribution < -0.4 is 9.77 Å². The van der Waals surface area contributed by atoms with Crippen molar-refractivity contribution in [2.45, 2.75) is 64.6 Å². The summed E-state index contributed by atoms with van der Waals surface area (Å²) in [5.74, 6) is 0. The number of nitrogens with zero attached hydrogens (tertiary/aromatic N) is 1. The number of para-hydroxylation sites is 1. The molecule has 1 aliphatic rings. The Morgan fingerprint density at radius 1 is 0.969 bits per heavy atom. The van der Waals surface area contributed by atoms with Crippen LogP contribution in [0.2, 0.25) is 0 Å². The predicted octanol–water partition coefficient (Wildman–Crippen LogP) is 4.22. The molecule has 0 saturated carbocycles. The molecule has 0 aliphatic carbocycles. The zero-order valence-electron chi connectivity index (χ0n) is 20.0. The quantitative estimate of drug-likeness (QED) is 0.600. The van der Waals surface area contributed by atoms with Crippen LogP contribution in [0.1, 0.15) is 44.4 Å². The highest BCUT2D eigenvalue weighted by Gasteiger charge is 2.52. The van der Waals surface area contributed by atoms with Crippen molar-refractivity contribution in [1.29, 1.82) is 0 Å². The van der Waals surface area contributed by atoms with E-state index in [4.69, 9.17) is 9.31 Å². The molecule has 0 bridgehead atoms. The standard InChI is InChI=1S/C24H31BN2O4S/c1-15-12-16(2)22(17(3)13-15)32(28,29)27(8)20-14-26-21-18(20)10-9-11-19(21)25-30-23(4,5)24(6,7)31-25/h9-14,26H,1-8H3. The van der Waals surface area contributed by atoms with Crippen molar-refractivity contribution >= 4 is 39.2 Å². The highest BCUT2D eigenvalue weighted by atomic mass is 32.2. The third-order valence-electron chi connectivity index (χ3n) is 6.80. The first-order chi connectivity index (χ1) is 14.8. The number of aromatic amines is 1. The normalized spacial score (nSPS) is 17.8. The number of aromatic nitrogens is 1. The molecule has 6 nitrogen and oxygen atoms in total. The van der Waals surface area contributed by atoms with Gasteiger partial charge in [0.2, 0.25) is 0 Å². The number of aryl methyl sites for hydroxylation is 3. The zero-order chi connectivity index (χ0) is 23.6. The molecule has 4 rings (SSSR count). The summed E-state index contributed by atoms with van der Waals surface area (Å²) in [7, 11) is -2.70. The monoisotopic (exact) mass is 454 g/mol. The number of benzene rings is 2. The molecule has 1 saturated heterocycles. The number of fused-ring (bicyclic) bond motifs is 1. The van der Waals surface area contributed by atoms with Crippen LogP contribution in [0.25, 0.3) is 10.9 Å². The van der Waals surface area contributed by atoms with Crippen molar-refractivity contribution in [3.8, 4) is 0 Å². The number of hydrogen-bond acceptors (Lipinski definition) is 4. The lowest BCUT2D eigenvalue weighted by Crippen LogP contribution is -2.41. The molecule has 0 radical (unpaired) electrons. The molecule has 170 valence electrons. The van der Waals surface area contributed by atoms with Gasteiger partial charge < -0.3 is 14.3 Å². The topological polar surface area (TPSA) is 71.6 Å². The second-order valence-corrected chi connectivity index (χ2v) is 11.6. The minimum Gasteiger partial charge on any atom is -0.399 e. The van der Waals surface area contributed by atoms with Gasteiger partial charge in [0, 0.05) is 29.6 Å². The summed E-state index contributed by atoms with van der Waals surface area (Å²) in [5, 5.41) is 0.797. The molecule has 1 aliphatic heterocycles. The molecule has 0 unspecified atom stereocenters. The lowest BCUT2D eigenvalue weighted by Gasteiger charge is -2.32. The Bertz CT molecular complexity index is 1270. The molecule has 2 aromatic carbocycles. The van der Waals surface area contributed by atoms with E-state index in [1.807, 2.05) is 78.8 Å². The number of sulfonamides is 1. The zero-order valence-corrected chi connectivity index (χ0v) is 20.8. The van der Waals surface area contributed by atoms with E-state index >= 15 is 0 Å². The Morgan fingerprint density at radius 2 is 1.53 bits per heavy atom. The Labute approximate surface area is 191 Å². The molecule has 1 N–H and O–H groups in total. The van der Waals surface area contributed by atoms with Crippen molar-refractivity contribution in [1.82, 2.24) is 4.98 Å². The fourth-order valence-electron chi connectivity index (χ4n) is 4.43. The van der Waals surface area contributed by atoms with E-state index < -0.39 is 28.3 Å². The van der Waals surface area contributed by atoms with Gasteiger partial charge in [-0.15, -0.1) is 0 Å². The molecule has 1 fully saturated rings. The average Bonchev–Trinajstić information content (AvgIpc) is 3.17. The van der Waals surface area contributed by atoms with E-state index in [-0.39, 0.29) is 0 Å². The van der Waals surface area contributed by atoms with Gasteiger partial charge in [-0.1, -0.05) is 35.9 Å². The highest BCUT2D eigenvalue weighted by molar-refractivity contribution is 7.93. The number of nitrogens with one attached hydrogen (secondary N) is 1. The predicted molar refractivity (Wildman–Crippen MR) is 130 cm³/mol. The van der Waals surface area contributed by atoms with E-state index in [0.29, 0.717) is 10.6 Å². The maximum atomic E-state index is 13.6. The molecule has 32 heavy (non-hydrogen) atoms. The van der Waals surface area contributed by atoms with Gasteiger partial charge in [-0.3, -0.25) is 4.31 Å². The van der Waals surface area contributed by atoms with Gasteiger partial charge >= 0.3 is 7.12 Å². The second-order valence-electron chi connectivity index (χ2n) is 9.73. The molecule has 2 heterocycles. The summed E-state index contributed by atoms with van der Waals surface area (Å²) in [5.41, 5.74) is 3.84. The first-order valence-electron chi connectivity index (χ1n) is 10.8. The van der Waals surface area contributed by atoms with Crippen molar-refractivity contribution in [3.63, 3.8) is 0 Å². The Hall–Kier alpha value is -2.29. The van der Waals surface area contributed by atoms with Gasteiger partial charge in [0.1, 0.15) is 0 Å². The van der Waals surface area contributed by atoms with Crippen molar-refractivity contribution < 1.29 is 17.7 Å². The number of hydrogen-bond donors (Lipinski definition) is 1. The lowest BCUT2D eigenvalue weighted by molar-refractivity contribution is 0.00578. The van der Waals surface area contributed by atoms with E-state index in [9.17, 15) is 8.42 Å². The highest BCUT2D eigenvalue weighted by Crippen LogP contribution is 2.38. The van der Waals surface area contributed by atoms with Gasteiger partial charge in [-0.05, 0) is 59.6 Å². The number of anilines is 1. The maximum absolute atomic E-state index is 13.6. The maximum Gasteiger partial charge on any atom is 0.497 e. The van der Waals surface area contributed by atoms with Gasteiger partial charge in [-0.2, -0.15) is 0 Å². The van der Waals surface area contributed by atoms with E-state index in [0.717, 1.165) is 33.1 Å². The summed E-state index contributed by atoms with van der Waals surface area (Å²) < 4.78 is 41.0. The van der Waals surface area contributed by atoms with Crippen LogP contribution in [0, 0.1) is 20.8 Å². The van der Waals surface area contributed by atoms with Crippen LogP contribution in [-0.2, 0) is 19.3 Å². The summed E-state index contributed by atoms with van der Waals surface area (Å²) in [6.07, 6.45) is 1.73. The van der Waals surface area contributed by atoms with Gasteiger partial charge in [0.15, 0.2) is 0 Å². The van der Waals surface area contributed by atoms with E-state index in [1.54, 1.807) is 13.2 Å². The second kappa shape index (κ2) is 7.37. The van der Waals surface area contributed by atoms with Gasteiger partial charge in [-0.25, -0.2) is 8.42 Å². The third kappa shape index (κ3) is 3.45. The largest absolute Gasteiger partial charge is 0.497 e. The molecule has 8 heteroatoms.